The molecular weight excluding hydrogens is 208 g/mol. The Morgan fingerprint density at radius 2 is 1.60 bits per heavy atom. The molecule has 0 bridgehead atoms. The molecule has 0 heterocycles. The molecule has 2 aliphatic carbocycles. The fraction of sp³-hybridized carbons (Fsp3) is 0.538. The smallest absolute Gasteiger partial charge is 0.0960 e. The Kier molecular flexibility index (Phi) is 2.08. The zero-order valence-corrected chi connectivity index (χ0v) is 9.37. The molecule has 3 rings (SSSR count). The van der Waals surface area contributed by atoms with E-state index >= 15 is 0 Å². The first-order valence-corrected chi connectivity index (χ1v) is 6.09. The van der Waals surface area contributed by atoms with E-state index in [1.54, 1.807) is 0 Å². The molecule has 80 valence electrons. The normalized spacial score (nSPS) is 38.5. The molecule has 2 unspecified atom stereocenters. The van der Waals surface area contributed by atoms with E-state index in [1.807, 2.05) is 24.3 Å². The second kappa shape index (κ2) is 3.23. The molecule has 2 atom stereocenters. The summed E-state index contributed by atoms with van der Waals surface area (Å²) in [5.41, 5.74) is 0.532. The number of fused-ring (bicyclic) bond motifs is 1. The van der Waals surface area contributed by atoms with Crippen molar-refractivity contribution in [3.05, 3.63) is 34.9 Å². The third-order valence-electron chi connectivity index (χ3n) is 4.09. The Labute approximate surface area is 95.1 Å². The Morgan fingerprint density at radius 3 is 2.13 bits per heavy atom. The van der Waals surface area contributed by atoms with Gasteiger partial charge in [0.25, 0.3) is 0 Å². The van der Waals surface area contributed by atoms with Gasteiger partial charge in [-0.25, -0.2) is 0 Å². The summed E-state index contributed by atoms with van der Waals surface area (Å²) in [6, 6.07) is 7.69. The van der Waals surface area contributed by atoms with Gasteiger partial charge >= 0.3 is 0 Å². The third-order valence-corrected chi connectivity index (χ3v) is 4.35. The van der Waals surface area contributed by atoms with E-state index in [-0.39, 0.29) is 0 Å². The number of halogens is 1. The maximum absolute atomic E-state index is 10.6. The van der Waals surface area contributed by atoms with Gasteiger partial charge < -0.3 is 5.11 Å². The lowest BCUT2D eigenvalue weighted by atomic mass is 10.0. The quantitative estimate of drug-likeness (QED) is 0.773. The molecule has 0 aromatic heterocycles. The highest BCUT2D eigenvalue weighted by atomic mass is 35.5. The van der Waals surface area contributed by atoms with Crippen LogP contribution in [-0.4, -0.2) is 5.11 Å². The highest BCUT2D eigenvalue weighted by molar-refractivity contribution is 6.30. The average Bonchev–Trinajstić information content (AvgIpc) is 2.88. The van der Waals surface area contributed by atoms with Crippen LogP contribution >= 0.6 is 11.6 Å². The molecule has 2 fully saturated rings. The van der Waals surface area contributed by atoms with Gasteiger partial charge in [0.15, 0.2) is 0 Å². The van der Waals surface area contributed by atoms with Crippen LogP contribution in [0.3, 0.4) is 0 Å². The van der Waals surface area contributed by atoms with Crippen molar-refractivity contribution in [1.82, 2.24) is 0 Å². The van der Waals surface area contributed by atoms with Crippen LogP contribution in [0.2, 0.25) is 5.02 Å². The van der Waals surface area contributed by atoms with E-state index in [2.05, 4.69) is 0 Å². The van der Waals surface area contributed by atoms with E-state index in [9.17, 15) is 5.11 Å². The first-order chi connectivity index (χ1) is 7.23. The van der Waals surface area contributed by atoms with Gasteiger partial charge in [-0.15, -0.1) is 0 Å². The fourth-order valence-electron chi connectivity index (χ4n) is 3.24. The van der Waals surface area contributed by atoms with Crippen LogP contribution in [0.1, 0.15) is 31.2 Å². The molecule has 1 aromatic carbocycles. The van der Waals surface area contributed by atoms with Crippen molar-refractivity contribution in [2.45, 2.75) is 31.3 Å². The van der Waals surface area contributed by atoms with Crippen molar-refractivity contribution in [3.63, 3.8) is 0 Å². The largest absolute Gasteiger partial charge is 0.385 e. The molecular formula is C13H15ClO. The lowest BCUT2D eigenvalue weighted by molar-refractivity contribution is 0.118. The molecule has 1 N–H and O–H groups in total. The molecule has 2 saturated carbocycles. The SMILES string of the molecule is OC1(c2ccc(Cl)cc2)C2CCCCC21. The molecule has 15 heavy (non-hydrogen) atoms. The van der Waals surface area contributed by atoms with Gasteiger partial charge in [0, 0.05) is 5.02 Å². The Morgan fingerprint density at radius 1 is 1.07 bits per heavy atom. The summed E-state index contributed by atoms with van der Waals surface area (Å²) in [7, 11) is 0. The molecule has 0 radical (unpaired) electrons. The second-order valence-electron chi connectivity index (χ2n) is 4.83. The van der Waals surface area contributed by atoms with Gasteiger partial charge in [0.1, 0.15) is 0 Å². The van der Waals surface area contributed by atoms with Gasteiger partial charge in [-0.1, -0.05) is 36.6 Å². The van der Waals surface area contributed by atoms with Crippen LogP contribution in [0, 0.1) is 11.8 Å². The predicted molar refractivity (Wildman–Crippen MR) is 60.8 cm³/mol. The van der Waals surface area contributed by atoms with Crippen molar-refractivity contribution in [2.24, 2.45) is 11.8 Å². The maximum atomic E-state index is 10.6. The van der Waals surface area contributed by atoms with E-state index in [1.165, 1.54) is 25.7 Å². The van der Waals surface area contributed by atoms with E-state index in [0.717, 1.165) is 10.6 Å². The summed E-state index contributed by atoms with van der Waals surface area (Å²) < 4.78 is 0. The minimum atomic E-state index is -0.527. The Bertz CT molecular complexity index is 359. The standard InChI is InChI=1S/C13H15ClO/c14-10-7-5-9(6-8-10)13(15)11-3-1-2-4-12(11)13/h5-8,11-12,15H,1-4H2. The Hall–Kier alpha value is -0.530. The second-order valence-corrected chi connectivity index (χ2v) is 5.27. The van der Waals surface area contributed by atoms with Crippen molar-refractivity contribution in [2.75, 3.05) is 0 Å². The average molecular weight is 223 g/mol. The molecule has 0 spiro atoms. The zero-order valence-electron chi connectivity index (χ0n) is 8.62. The van der Waals surface area contributed by atoms with Crippen LogP contribution in [0.15, 0.2) is 24.3 Å². The molecule has 0 amide bonds. The van der Waals surface area contributed by atoms with E-state index in [4.69, 9.17) is 11.6 Å². The third kappa shape index (κ3) is 1.33. The van der Waals surface area contributed by atoms with Gasteiger partial charge in [-0.2, -0.15) is 0 Å². The zero-order chi connectivity index (χ0) is 10.5. The topological polar surface area (TPSA) is 20.2 Å². The molecule has 1 nitrogen and oxygen atoms in total. The van der Waals surface area contributed by atoms with Gasteiger partial charge in [0.2, 0.25) is 0 Å². The molecule has 2 aliphatic rings. The summed E-state index contributed by atoms with van der Waals surface area (Å²) in [4.78, 5) is 0. The minimum absolute atomic E-state index is 0.507. The first kappa shape index (κ1) is 9.68. The summed E-state index contributed by atoms with van der Waals surface area (Å²) in [6.07, 6.45) is 4.92. The number of hydrogen-bond acceptors (Lipinski definition) is 1. The number of benzene rings is 1. The summed E-state index contributed by atoms with van der Waals surface area (Å²) in [5.74, 6) is 1.01. The van der Waals surface area contributed by atoms with Gasteiger partial charge in [-0.05, 0) is 42.4 Å². The van der Waals surface area contributed by atoms with Crippen molar-refractivity contribution in [1.29, 1.82) is 0 Å². The van der Waals surface area contributed by atoms with Gasteiger partial charge in [-0.3, -0.25) is 0 Å². The lowest BCUT2D eigenvalue weighted by Crippen LogP contribution is -2.09. The van der Waals surface area contributed by atoms with Crippen LogP contribution in [0.25, 0.3) is 0 Å². The van der Waals surface area contributed by atoms with Crippen LogP contribution in [0.4, 0.5) is 0 Å². The molecule has 0 saturated heterocycles. The first-order valence-electron chi connectivity index (χ1n) is 5.71. The van der Waals surface area contributed by atoms with E-state index in [0.29, 0.717) is 11.8 Å². The number of hydrogen-bond donors (Lipinski definition) is 1. The lowest BCUT2D eigenvalue weighted by Gasteiger charge is -2.10. The summed E-state index contributed by atoms with van der Waals surface area (Å²) >= 11 is 5.85. The molecule has 1 aromatic rings. The van der Waals surface area contributed by atoms with Crippen molar-refractivity contribution < 1.29 is 5.11 Å². The fourth-order valence-corrected chi connectivity index (χ4v) is 3.36. The Balaban J connectivity index is 1.91. The highest BCUT2D eigenvalue weighted by Gasteiger charge is 2.64. The van der Waals surface area contributed by atoms with Crippen LogP contribution in [-0.2, 0) is 5.60 Å². The minimum Gasteiger partial charge on any atom is -0.385 e. The summed E-state index contributed by atoms with van der Waals surface area (Å²) in [5, 5.41) is 11.3. The monoisotopic (exact) mass is 222 g/mol. The number of rotatable bonds is 1. The van der Waals surface area contributed by atoms with Crippen molar-refractivity contribution >= 4 is 11.6 Å². The molecule has 2 heteroatoms. The van der Waals surface area contributed by atoms with Gasteiger partial charge in [0.05, 0.1) is 5.60 Å². The van der Waals surface area contributed by atoms with Crippen LogP contribution in [0.5, 0.6) is 0 Å². The number of aliphatic hydroxyl groups is 1. The summed E-state index contributed by atoms with van der Waals surface area (Å²) in [6.45, 7) is 0. The molecule has 0 aliphatic heterocycles. The van der Waals surface area contributed by atoms with Crippen molar-refractivity contribution in [3.8, 4) is 0 Å². The van der Waals surface area contributed by atoms with Crippen LogP contribution < -0.4 is 0 Å². The maximum Gasteiger partial charge on any atom is 0.0960 e. The highest BCUT2D eigenvalue weighted by Crippen LogP contribution is 2.64. The predicted octanol–water partition coefficient (Wildman–Crippen LogP) is 3.35. The van der Waals surface area contributed by atoms with E-state index < -0.39 is 5.60 Å².